The maximum atomic E-state index is 12.7. The summed E-state index contributed by atoms with van der Waals surface area (Å²) in [4.78, 5) is 17.0. The van der Waals surface area contributed by atoms with Gasteiger partial charge in [0.1, 0.15) is 5.75 Å². The molecule has 1 aliphatic rings. The molecule has 1 fully saturated rings. The Kier molecular flexibility index (Phi) is 9.73. The van der Waals surface area contributed by atoms with Crippen LogP contribution in [-0.4, -0.2) is 60.2 Å². The van der Waals surface area contributed by atoms with Crippen LogP contribution in [0.5, 0.6) is 5.75 Å². The Hall–Kier alpha value is -2.17. The molecular formula is C21H30N4O2S. The molecule has 28 heavy (non-hydrogen) atoms. The van der Waals surface area contributed by atoms with Crippen molar-refractivity contribution in [1.29, 1.82) is 5.26 Å². The van der Waals surface area contributed by atoms with E-state index in [-0.39, 0.29) is 5.91 Å². The maximum absolute atomic E-state index is 12.7. The second-order valence-electron chi connectivity index (χ2n) is 6.90. The Morgan fingerprint density at radius 1 is 1.21 bits per heavy atom. The smallest absolute Gasteiger partial charge is 0.261 e. The van der Waals surface area contributed by atoms with Crippen LogP contribution in [-0.2, 0) is 0 Å². The third kappa shape index (κ3) is 7.10. The lowest BCUT2D eigenvalue weighted by molar-refractivity contribution is 0.0965. The van der Waals surface area contributed by atoms with Gasteiger partial charge in [0.25, 0.3) is 5.91 Å². The molecule has 1 saturated heterocycles. The van der Waals surface area contributed by atoms with Gasteiger partial charge in [0.2, 0.25) is 0 Å². The van der Waals surface area contributed by atoms with Gasteiger partial charge in [-0.1, -0.05) is 38.3 Å². The zero-order valence-corrected chi connectivity index (χ0v) is 17.5. The molecular weight excluding hydrogens is 372 g/mol. The van der Waals surface area contributed by atoms with Crippen molar-refractivity contribution < 1.29 is 9.53 Å². The highest BCUT2D eigenvalue weighted by atomic mass is 32.1. The van der Waals surface area contributed by atoms with Crippen molar-refractivity contribution in [2.24, 2.45) is 0 Å². The number of carbonyl (C=O) groups excluding carboxylic acids is 1. The lowest BCUT2D eigenvalue weighted by Crippen LogP contribution is -2.52. The molecule has 1 heterocycles. The van der Waals surface area contributed by atoms with Crippen molar-refractivity contribution in [2.45, 2.75) is 39.0 Å². The number of nitrogens with one attached hydrogen (secondary N) is 1. The Bertz CT molecular complexity index is 681. The lowest BCUT2D eigenvalue weighted by atomic mass is 10.2. The Labute approximate surface area is 173 Å². The van der Waals surface area contributed by atoms with E-state index in [2.05, 4.69) is 23.2 Å². The number of ether oxygens (including phenoxy) is 1. The molecule has 1 N–H and O–H groups in total. The van der Waals surface area contributed by atoms with Crippen LogP contribution in [0.2, 0.25) is 0 Å². The predicted octanol–water partition coefficient (Wildman–Crippen LogP) is 3.19. The molecule has 1 aromatic rings. The van der Waals surface area contributed by atoms with Crippen molar-refractivity contribution in [2.75, 3.05) is 39.3 Å². The zero-order chi connectivity index (χ0) is 20.2. The first-order valence-corrected chi connectivity index (χ1v) is 10.5. The summed E-state index contributed by atoms with van der Waals surface area (Å²) in [6.45, 7) is 6.76. The summed E-state index contributed by atoms with van der Waals surface area (Å²) in [7, 11) is 0. The molecule has 152 valence electrons. The fourth-order valence-electron chi connectivity index (χ4n) is 3.12. The quantitative estimate of drug-likeness (QED) is 0.505. The van der Waals surface area contributed by atoms with Gasteiger partial charge in [-0.05, 0) is 30.8 Å². The van der Waals surface area contributed by atoms with Crippen molar-refractivity contribution in [3.63, 3.8) is 0 Å². The van der Waals surface area contributed by atoms with Crippen LogP contribution >= 0.6 is 12.2 Å². The van der Waals surface area contributed by atoms with Crippen LogP contribution in [0, 0.1) is 11.3 Å². The summed E-state index contributed by atoms with van der Waals surface area (Å²) < 4.78 is 5.83. The SMILES string of the molecule is CCCCCCOc1ccccc1C(=O)NC(=S)N1CCN(CCC#N)CC1. The molecule has 7 heteroatoms. The van der Waals surface area contributed by atoms with Crippen LogP contribution < -0.4 is 10.1 Å². The highest BCUT2D eigenvalue weighted by Gasteiger charge is 2.21. The molecule has 2 rings (SSSR count). The first-order valence-electron chi connectivity index (χ1n) is 10.1. The summed E-state index contributed by atoms with van der Waals surface area (Å²) >= 11 is 5.44. The van der Waals surface area contributed by atoms with Crippen molar-refractivity contribution in [3.05, 3.63) is 29.8 Å². The van der Waals surface area contributed by atoms with E-state index < -0.39 is 0 Å². The van der Waals surface area contributed by atoms with Gasteiger partial charge in [-0.15, -0.1) is 0 Å². The average molecular weight is 403 g/mol. The standard InChI is InChI=1S/C21H30N4O2S/c1-2-3-4-7-17-27-19-10-6-5-9-18(19)20(26)23-21(28)25-15-13-24(14-16-25)12-8-11-22/h5-6,9-10H,2-4,7-8,12-17H2,1H3,(H,23,26,28). The van der Waals surface area contributed by atoms with Crippen molar-refractivity contribution >= 4 is 23.2 Å². The van der Waals surface area contributed by atoms with Crippen LogP contribution in [0.1, 0.15) is 49.4 Å². The van der Waals surface area contributed by atoms with Gasteiger partial charge in [-0.25, -0.2) is 0 Å². The van der Waals surface area contributed by atoms with E-state index in [1.54, 1.807) is 6.07 Å². The molecule has 0 aromatic heterocycles. The van der Waals surface area contributed by atoms with E-state index in [1.165, 1.54) is 12.8 Å². The third-order valence-electron chi connectivity index (χ3n) is 4.81. The van der Waals surface area contributed by atoms with Gasteiger partial charge in [0.15, 0.2) is 5.11 Å². The molecule has 1 amide bonds. The van der Waals surface area contributed by atoms with Crippen LogP contribution in [0.3, 0.4) is 0 Å². The number of para-hydroxylation sites is 1. The molecule has 0 unspecified atom stereocenters. The number of hydrogen-bond acceptors (Lipinski definition) is 5. The van der Waals surface area contributed by atoms with Crippen LogP contribution in [0.15, 0.2) is 24.3 Å². The molecule has 1 aromatic carbocycles. The molecule has 0 atom stereocenters. The number of hydrogen-bond donors (Lipinski definition) is 1. The topological polar surface area (TPSA) is 68.6 Å². The first-order chi connectivity index (χ1) is 13.7. The van der Waals surface area contributed by atoms with Crippen LogP contribution in [0.25, 0.3) is 0 Å². The number of piperazine rings is 1. The van der Waals surface area contributed by atoms with Gasteiger partial charge < -0.3 is 9.64 Å². The fourth-order valence-corrected chi connectivity index (χ4v) is 3.39. The molecule has 0 aliphatic carbocycles. The largest absolute Gasteiger partial charge is 0.493 e. The van der Waals surface area contributed by atoms with Crippen LogP contribution in [0.4, 0.5) is 0 Å². The van der Waals surface area contributed by atoms with E-state index in [1.807, 2.05) is 23.1 Å². The predicted molar refractivity (Wildman–Crippen MR) is 114 cm³/mol. The maximum Gasteiger partial charge on any atom is 0.261 e. The second kappa shape index (κ2) is 12.3. The number of thiocarbonyl (C=S) groups is 1. The highest BCUT2D eigenvalue weighted by Crippen LogP contribution is 2.18. The summed E-state index contributed by atoms with van der Waals surface area (Å²) in [6, 6.07) is 9.46. The van der Waals surface area contributed by atoms with Gasteiger partial charge in [-0.2, -0.15) is 5.26 Å². The average Bonchev–Trinajstić information content (AvgIpc) is 2.72. The second-order valence-corrected chi connectivity index (χ2v) is 7.29. The molecule has 0 radical (unpaired) electrons. The Morgan fingerprint density at radius 3 is 2.68 bits per heavy atom. The number of amides is 1. The van der Waals surface area contributed by atoms with Gasteiger partial charge >= 0.3 is 0 Å². The molecule has 0 bridgehead atoms. The monoisotopic (exact) mass is 402 g/mol. The Morgan fingerprint density at radius 2 is 1.96 bits per heavy atom. The van der Waals surface area contributed by atoms with E-state index in [9.17, 15) is 4.79 Å². The third-order valence-corrected chi connectivity index (χ3v) is 5.17. The number of benzene rings is 1. The van der Waals surface area contributed by atoms with Gasteiger partial charge in [-0.3, -0.25) is 15.0 Å². The minimum atomic E-state index is -0.235. The summed E-state index contributed by atoms with van der Waals surface area (Å²) in [6.07, 6.45) is 5.04. The molecule has 6 nitrogen and oxygen atoms in total. The van der Waals surface area contributed by atoms with Gasteiger partial charge in [0.05, 0.1) is 18.2 Å². The number of rotatable bonds is 9. The zero-order valence-electron chi connectivity index (χ0n) is 16.7. The minimum absolute atomic E-state index is 0.235. The summed E-state index contributed by atoms with van der Waals surface area (Å²) in [5.74, 6) is 0.363. The molecule has 0 saturated carbocycles. The van der Waals surface area contributed by atoms with Crippen molar-refractivity contribution in [1.82, 2.24) is 15.1 Å². The number of nitrogens with zero attached hydrogens (tertiary/aromatic N) is 3. The lowest BCUT2D eigenvalue weighted by Gasteiger charge is -2.35. The number of unbranched alkanes of at least 4 members (excludes halogenated alkanes) is 3. The molecule has 0 spiro atoms. The van der Waals surface area contributed by atoms with Crippen molar-refractivity contribution in [3.8, 4) is 11.8 Å². The fraction of sp³-hybridized carbons (Fsp3) is 0.571. The van der Waals surface area contributed by atoms with E-state index in [0.29, 0.717) is 29.5 Å². The van der Waals surface area contributed by atoms with E-state index in [0.717, 1.165) is 45.6 Å². The molecule has 1 aliphatic heterocycles. The number of carbonyl (C=O) groups is 1. The van der Waals surface area contributed by atoms with Gasteiger partial charge in [0, 0.05) is 39.1 Å². The minimum Gasteiger partial charge on any atom is -0.493 e. The van der Waals surface area contributed by atoms with E-state index in [4.69, 9.17) is 22.2 Å². The van der Waals surface area contributed by atoms with E-state index >= 15 is 0 Å². The summed E-state index contributed by atoms with van der Waals surface area (Å²) in [5.41, 5.74) is 0.507. The first kappa shape index (κ1) is 22.1. The number of nitriles is 1. The Balaban J connectivity index is 1.84. The normalized spacial score (nSPS) is 14.4. The summed E-state index contributed by atoms with van der Waals surface area (Å²) in [5, 5.41) is 12.0. The highest BCUT2D eigenvalue weighted by molar-refractivity contribution is 7.80.